The molecule has 0 aromatic heterocycles. The molecule has 1 heterocycles. The molecule has 2 rings (SSSR count). The van der Waals surface area contributed by atoms with Gasteiger partial charge in [-0.25, -0.2) is 4.79 Å². The number of nitrogens with two attached hydrogens (primary N) is 1. The van der Waals surface area contributed by atoms with Crippen LogP contribution in [0.4, 0.5) is 4.79 Å². The Kier molecular flexibility index (Phi) is 5.94. The molecular formula is C18H25ClN2O3S. The van der Waals surface area contributed by atoms with Gasteiger partial charge in [0.1, 0.15) is 16.7 Å². The molecule has 1 aromatic carbocycles. The van der Waals surface area contributed by atoms with Crippen molar-refractivity contribution < 1.29 is 14.3 Å². The lowest BCUT2D eigenvalue weighted by atomic mass is 9.86. The SMILES string of the molecule is CC(C)C[C@@]1(C(N)=O)SC1NC(=O)OCC(C)(C)c1cccc(Cl)c1. The Bertz CT molecular complexity index is 665. The summed E-state index contributed by atoms with van der Waals surface area (Å²) >= 11 is 7.40. The Hall–Kier alpha value is -1.40. The van der Waals surface area contributed by atoms with Crippen molar-refractivity contribution in [3.63, 3.8) is 0 Å². The van der Waals surface area contributed by atoms with Crippen molar-refractivity contribution in [1.82, 2.24) is 5.32 Å². The van der Waals surface area contributed by atoms with E-state index in [0.29, 0.717) is 17.4 Å². The molecule has 7 heteroatoms. The van der Waals surface area contributed by atoms with E-state index in [9.17, 15) is 9.59 Å². The average molecular weight is 385 g/mol. The number of nitrogens with one attached hydrogen (secondary N) is 1. The van der Waals surface area contributed by atoms with E-state index in [1.807, 2.05) is 45.9 Å². The normalized spacial score (nSPS) is 22.6. The van der Waals surface area contributed by atoms with Crippen LogP contribution in [0.5, 0.6) is 0 Å². The van der Waals surface area contributed by atoms with Gasteiger partial charge in [0.15, 0.2) is 0 Å². The van der Waals surface area contributed by atoms with Crippen molar-refractivity contribution >= 4 is 35.4 Å². The predicted octanol–water partition coefficient (Wildman–Crippen LogP) is 3.69. The summed E-state index contributed by atoms with van der Waals surface area (Å²) in [5, 5.41) is 3.06. The van der Waals surface area contributed by atoms with E-state index in [4.69, 9.17) is 22.1 Å². The molecule has 1 saturated heterocycles. The number of rotatable bonds is 7. The van der Waals surface area contributed by atoms with Crippen molar-refractivity contribution in [3.05, 3.63) is 34.9 Å². The van der Waals surface area contributed by atoms with Crippen LogP contribution in [-0.2, 0) is 14.9 Å². The zero-order chi connectivity index (χ0) is 18.8. The molecule has 1 fully saturated rings. The van der Waals surface area contributed by atoms with Gasteiger partial charge >= 0.3 is 6.09 Å². The lowest BCUT2D eigenvalue weighted by molar-refractivity contribution is -0.119. The van der Waals surface area contributed by atoms with Gasteiger partial charge < -0.3 is 15.8 Å². The smallest absolute Gasteiger partial charge is 0.408 e. The minimum absolute atomic E-state index is 0.199. The molecule has 2 atom stereocenters. The topological polar surface area (TPSA) is 81.4 Å². The largest absolute Gasteiger partial charge is 0.449 e. The molecule has 25 heavy (non-hydrogen) atoms. The van der Waals surface area contributed by atoms with Gasteiger partial charge in [-0.05, 0) is 30.0 Å². The molecule has 0 radical (unpaired) electrons. The maximum Gasteiger partial charge on any atom is 0.408 e. The summed E-state index contributed by atoms with van der Waals surface area (Å²) in [4.78, 5) is 23.9. The van der Waals surface area contributed by atoms with Crippen LogP contribution in [0, 0.1) is 5.92 Å². The molecule has 0 saturated carbocycles. The van der Waals surface area contributed by atoms with Crippen molar-refractivity contribution in [3.8, 4) is 0 Å². The van der Waals surface area contributed by atoms with Crippen LogP contribution >= 0.6 is 23.4 Å². The van der Waals surface area contributed by atoms with Crippen molar-refractivity contribution in [2.24, 2.45) is 11.7 Å². The first-order valence-electron chi connectivity index (χ1n) is 8.24. The van der Waals surface area contributed by atoms with E-state index in [0.717, 1.165) is 5.56 Å². The molecule has 0 aliphatic carbocycles. The number of benzene rings is 1. The summed E-state index contributed by atoms with van der Waals surface area (Å²) in [5.74, 6) is -0.0830. The summed E-state index contributed by atoms with van der Waals surface area (Å²) in [6.45, 7) is 8.19. The van der Waals surface area contributed by atoms with Gasteiger partial charge in [-0.15, -0.1) is 11.8 Å². The standard InChI is InChI=1S/C18H25ClN2O3S/c1-11(2)9-18(14(20)22)15(25-18)21-16(23)24-10-17(3,4)12-6-5-7-13(19)8-12/h5-8,11,15H,9-10H2,1-4H3,(H2,20,22)(H,21,23)/t15?,18-/m0/s1. The maximum atomic E-state index is 12.1. The molecule has 0 bridgehead atoms. The summed E-state index contributed by atoms with van der Waals surface area (Å²) in [7, 11) is 0. The molecule has 0 spiro atoms. The number of ether oxygens (including phenoxy) is 1. The molecule has 2 amide bonds. The third-order valence-electron chi connectivity index (χ3n) is 4.24. The monoisotopic (exact) mass is 384 g/mol. The lowest BCUT2D eigenvalue weighted by Crippen LogP contribution is -2.42. The number of primary amides is 1. The number of hydrogen-bond donors (Lipinski definition) is 2. The highest BCUT2D eigenvalue weighted by Gasteiger charge is 2.61. The second kappa shape index (κ2) is 7.46. The first kappa shape index (κ1) is 19.9. The number of carbonyl (C=O) groups excluding carboxylic acids is 2. The minimum Gasteiger partial charge on any atom is -0.449 e. The maximum absolute atomic E-state index is 12.1. The van der Waals surface area contributed by atoms with Crippen LogP contribution in [0.2, 0.25) is 5.02 Å². The second-order valence-corrected chi connectivity index (χ2v) is 9.34. The van der Waals surface area contributed by atoms with E-state index in [1.54, 1.807) is 6.07 Å². The summed E-state index contributed by atoms with van der Waals surface area (Å²) in [5.41, 5.74) is 6.12. The number of halogens is 1. The second-order valence-electron chi connectivity index (χ2n) is 7.46. The Morgan fingerprint density at radius 2 is 2.12 bits per heavy atom. The highest BCUT2D eigenvalue weighted by atomic mass is 35.5. The number of hydrogen-bond acceptors (Lipinski definition) is 4. The number of alkyl carbamates (subject to hydrolysis) is 1. The van der Waals surface area contributed by atoms with Crippen molar-refractivity contribution in [1.29, 1.82) is 0 Å². The van der Waals surface area contributed by atoms with Crippen molar-refractivity contribution in [2.75, 3.05) is 6.61 Å². The van der Waals surface area contributed by atoms with Crippen LogP contribution < -0.4 is 11.1 Å². The molecule has 3 N–H and O–H groups in total. The van der Waals surface area contributed by atoms with E-state index in [2.05, 4.69) is 5.32 Å². The van der Waals surface area contributed by atoms with E-state index < -0.39 is 16.7 Å². The van der Waals surface area contributed by atoms with Gasteiger partial charge in [0, 0.05) is 10.4 Å². The number of thioether (sulfide) groups is 1. The third kappa shape index (κ3) is 4.82. The van der Waals surface area contributed by atoms with E-state index in [1.165, 1.54) is 11.8 Å². The molecule has 1 aliphatic heterocycles. The minimum atomic E-state index is -0.713. The zero-order valence-corrected chi connectivity index (χ0v) is 16.5. The fourth-order valence-electron chi connectivity index (χ4n) is 2.76. The van der Waals surface area contributed by atoms with Gasteiger partial charge in [0.2, 0.25) is 5.91 Å². The highest BCUT2D eigenvalue weighted by Crippen LogP contribution is 2.55. The van der Waals surface area contributed by atoms with Crippen molar-refractivity contribution in [2.45, 2.75) is 49.7 Å². The summed E-state index contributed by atoms with van der Waals surface area (Å²) in [6, 6.07) is 7.48. The highest BCUT2D eigenvalue weighted by molar-refractivity contribution is 8.09. The van der Waals surface area contributed by atoms with E-state index >= 15 is 0 Å². The van der Waals surface area contributed by atoms with Gasteiger partial charge in [0.05, 0.1) is 0 Å². The molecule has 5 nitrogen and oxygen atoms in total. The Morgan fingerprint density at radius 1 is 1.44 bits per heavy atom. The Labute approximate surface area is 158 Å². The van der Waals surface area contributed by atoms with Crippen LogP contribution in [-0.4, -0.2) is 28.7 Å². The van der Waals surface area contributed by atoms with E-state index in [-0.39, 0.29) is 17.4 Å². The molecular weight excluding hydrogens is 360 g/mol. The molecule has 1 unspecified atom stereocenters. The first-order valence-corrected chi connectivity index (χ1v) is 9.49. The third-order valence-corrected chi connectivity index (χ3v) is 6.00. The number of amides is 2. The van der Waals surface area contributed by atoms with Gasteiger partial charge in [-0.1, -0.05) is 51.4 Å². The molecule has 138 valence electrons. The van der Waals surface area contributed by atoms with Crippen LogP contribution in [0.15, 0.2) is 24.3 Å². The quantitative estimate of drug-likeness (QED) is 0.702. The summed E-state index contributed by atoms with van der Waals surface area (Å²) in [6.07, 6.45) is 0.0888. The lowest BCUT2D eigenvalue weighted by Gasteiger charge is -2.25. The first-order chi connectivity index (χ1) is 11.6. The predicted molar refractivity (Wildman–Crippen MR) is 102 cm³/mol. The van der Waals surface area contributed by atoms with Gasteiger partial charge in [0.25, 0.3) is 0 Å². The molecule has 1 aromatic rings. The fraction of sp³-hybridized carbons (Fsp3) is 0.556. The fourth-order valence-corrected chi connectivity index (χ4v) is 4.27. The average Bonchev–Trinajstić information content (AvgIpc) is 3.18. The van der Waals surface area contributed by atoms with Crippen LogP contribution in [0.25, 0.3) is 0 Å². The van der Waals surface area contributed by atoms with Crippen LogP contribution in [0.3, 0.4) is 0 Å². The van der Waals surface area contributed by atoms with Gasteiger partial charge in [-0.2, -0.15) is 0 Å². The van der Waals surface area contributed by atoms with Gasteiger partial charge in [-0.3, -0.25) is 4.79 Å². The zero-order valence-electron chi connectivity index (χ0n) is 15.0. The Morgan fingerprint density at radius 3 is 2.68 bits per heavy atom. The molecule has 1 aliphatic rings. The number of carbonyl (C=O) groups is 2. The Balaban J connectivity index is 1.90. The van der Waals surface area contributed by atoms with Crippen LogP contribution in [0.1, 0.15) is 39.7 Å². The summed E-state index contributed by atoms with van der Waals surface area (Å²) < 4.78 is 4.66.